The molecule has 0 aliphatic heterocycles. The zero-order valence-corrected chi connectivity index (χ0v) is 13.1. The van der Waals surface area contributed by atoms with Gasteiger partial charge in [0.1, 0.15) is 18.1 Å². The molecule has 1 N–H and O–H groups in total. The maximum Gasteiger partial charge on any atom is 0.137 e. The van der Waals surface area contributed by atoms with Gasteiger partial charge in [0.2, 0.25) is 0 Å². The maximum absolute atomic E-state index is 6.04. The number of hydrogen-bond donors (Lipinski definition) is 1. The summed E-state index contributed by atoms with van der Waals surface area (Å²) >= 11 is 6.04. The van der Waals surface area contributed by atoms with Crippen LogP contribution in [0.5, 0.6) is 11.5 Å². The van der Waals surface area contributed by atoms with Crippen LogP contribution in [0.3, 0.4) is 0 Å². The first-order valence-corrected chi connectivity index (χ1v) is 7.33. The van der Waals surface area contributed by atoms with Crippen LogP contribution < -0.4 is 14.8 Å². The van der Waals surface area contributed by atoms with Crippen molar-refractivity contribution in [3.05, 3.63) is 59.1 Å². The third-order valence-corrected chi connectivity index (χ3v) is 3.55. The largest absolute Gasteiger partial charge is 0.497 e. The van der Waals surface area contributed by atoms with Crippen LogP contribution in [-0.4, -0.2) is 20.3 Å². The zero-order valence-electron chi connectivity index (χ0n) is 12.3. The van der Waals surface area contributed by atoms with E-state index in [9.17, 15) is 0 Å². The standard InChI is InChI=1S/C17H20ClNO2/c1-13(14-6-5-7-15(12-14)20-2)19-10-11-21-17-9-4-3-8-16(17)18/h3-9,12-13,19H,10-11H2,1-2H3. The number of rotatable bonds is 7. The highest BCUT2D eigenvalue weighted by Crippen LogP contribution is 2.23. The Morgan fingerprint density at radius 2 is 1.95 bits per heavy atom. The summed E-state index contributed by atoms with van der Waals surface area (Å²) in [4.78, 5) is 0. The molecule has 2 aromatic rings. The Morgan fingerprint density at radius 3 is 2.71 bits per heavy atom. The first-order chi connectivity index (χ1) is 10.2. The van der Waals surface area contributed by atoms with Gasteiger partial charge >= 0.3 is 0 Å². The lowest BCUT2D eigenvalue weighted by Crippen LogP contribution is -2.24. The summed E-state index contributed by atoms with van der Waals surface area (Å²) in [7, 11) is 1.68. The van der Waals surface area contributed by atoms with Gasteiger partial charge in [0.15, 0.2) is 0 Å². The third kappa shape index (κ3) is 4.66. The highest BCUT2D eigenvalue weighted by atomic mass is 35.5. The van der Waals surface area contributed by atoms with Crippen molar-refractivity contribution in [2.24, 2.45) is 0 Å². The molecule has 0 aliphatic rings. The van der Waals surface area contributed by atoms with Gasteiger partial charge in [-0.3, -0.25) is 0 Å². The fraction of sp³-hybridized carbons (Fsp3) is 0.294. The Hall–Kier alpha value is -1.71. The van der Waals surface area contributed by atoms with Crippen molar-refractivity contribution < 1.29 is 9.47 Å². The van der Waals surface area contributed by atoms with Gasteiger partial charge < -0.3 is 14.8 Å². The number of para-hydroxylation sites is 1. The van der Waals surface area contributed by atoms with Crippen LogP contribution in [-0.2, 0) is 0 Å². The molecule has 1 unspecified atom stereocenters. The van der Waals surface area contributed by atoms with Crippen molar-refractivity contribution in [3.63, 3.8) is 0 Å². The Labute approximate surface area is 130 Å². The predicted molar refractivity (Wildman–Crippen MR) is 86.4 cm³/mol. The second-order valence-electron chi connectivity index (χ2n) is 4.73. The molecule has 4 heteroatoms. The van der Waals surface area contributed by atoms with Crippen LogP contribution in [0.25, 0.3) is 0 Å². The van der Waals surface area contributed by atoms with Gasteiger partial charge in [-0.2, -0.15) is 0 Å². The molecule has 0 saturated heterocycles. The lowest BCUT2D eigenvalue weighted by atomic mass is 10.1. The van der Waals surface area contributed by atoms with Gasteiger partial charge in [-0.05, 0) is 36.8 Å². The molecule has 1 atom stereocenters. The molecule has 2 aromatic carbocycles. The fourth-order valence-electron chi connectivity index (χ4n) is 2.03. The fourth-order valence-corrected chi connectivity index (χ4v) is 2.22. The predicted octanol–water partition coefficient (Wildman–Crippen LogP) is 4.08. The first kappa shape index (κ1) is 15.7. The molecule has 0 amide bonds. The van der Waals surface area contributed by atoms with Gasteiger partial charge in [-0.15, -0.1) is 0 Å². The van der Waals surface area contributed by atoms with E-state index in [0.717, 1.165) is 18.0 Å². The smallest absolute Gasteiger partial charge is 0.137 e. The second kappa shape index (κ2) is 7.91. The minimum Gasteiger partial charge on any atom is -0.497 e. The summed E-state index contributed by atoms with van der Waals surface area (Å²) in [5.41, 5.74) is 1.19. The lowest BCUT2D eigenvalue weighted by molar-refractivity contribution is 0.307. The summed E-state index contributed by atoms with van der Waals surface area (Å²) in [5, 5.41) is 4.05. The number of nitrogens with one attached hydrogen (secondary N) is 1. The molecule has 21 heavy (non-hydrogen) atoms. The number of halogens is 1. The van der Waals surface area contributed by atoms with Gasteiger partial charge in [0.05, 0.1) is 12.1 Å². The van der Waals surface area contributed by atoms with Crippen LogP contribution in [0.15, 0.2) is 48.5 Å². The Bertz CT molecular complexity index is 574. The molecule has 3 nitrogen and oxygen atoms in total. The summed E-state index contributed by atoms with van der Waals surface area (Å²) in [5.74, 6) is 1.59. The number of benzene rings is 2. The minimum atomic E-state index is 0.231. The van der Waals surface area contributed by atoms with E-state index >= 15 is 0 Å². The Morgan fingerprint density at radius 1 is 1.14 bits per heavy atom. The maximum atomic E-state index is 6.04. The highest BCUT2D eigenvalue weighted by Gasteiger charge is 2.06. The van der Waals surface area contributed by atoms with E-state index in [4.69, 9.17) is 21.1 Å². The molecule has 112 valence electrons. The summed E-state index contributed by atoms with van der Waals surface area (Å²) in [6, 6.07) is 15.8. The summed E-state index contributed by atoms with van der Waals surface area (Å²) in [6.45, 7) is 3.42. The average Bonchev–Trinajstić information content (AvgIpc) is 2.53. The van der Waals surface area contributed by atoms with E-state index < -0.39 is 0 Å². The van der Waals surface area contributed by atoms with Crippen LogP contribution in [0.1, 0.15) is 18.5 Å². The van der Waals surface area contributed by atoms with Crippen LogP contribution in [0.2, 0.25) is 5.02 Å². The van der Waals surface area contributed by atoms with Crippen molar-refractivity contribution in [2.45, 2.75) is 13.0 Å². The van der Waals surface area contributed by atoms with E-state index in [2.05, 4.69) is 18.3 Å². The van der Waals surface area contributed by atoms with Crippen molar-refractivity contribution in [3.8, 4) is 11.5 Å². The molecule has 0 heterocycles. The molecule has 2 rings (SSSR count). The minimum absolute atomic E-state index is 0.231. The third-order valence-electron chi connectivity index (χ3n) is 3.24. The topological polar surface area (TPSA) is 30.5 Å². The summed E-state index contributed by atoms with van der Waals surface area (Å²) in [6.07, 6.45) is 0. The van der Waals surface area contributed by atoms with Crippen molar-refractivity contribution >= 4 is 11.6 Å². The molecule has 0 saturated carbocycles. The highest BCUT2D eigenvalue weighted by molar-refractivity contribution is 6.32. The van der Waals surface area contributed by atoms with Crippen LogP contribution >= 0.6 is 11.6 Å². The number of hydrogen-bond acceptors (Lipinski definition) is 3. The molecule has 0 spiro atoms. The second-order valence-corrected chi connectivity index (χ2v) is 5.14. The number of methoxy groups -OCH3 is 1. The molecule has 0 radical (unpaired) electrons. The Balaban J connectivity index is 1.79. The molecule has 0 aliphatic carbocycles. The monoisotopic (exact) mass is 305 g/mol. The van der Waals surface area contributed by atoms with Gasteiger partial charge in [-0.25, -0.2) is 0 Å². The molecular formula is C17H20ClNO2. The van der Waals surface area contributed by atoms with Crippen LogP contribution in [0.4, 0.5) is 0 Å². The van der Waals surface area contributed by atoms with E-state index in [-0.39, 0.29) is 6.04 Å². The normalized spacial score (nSPS) is 12.0. The van der Waals surface area contributed by atoms with E-state index in [0.29, 0.717) is 11.6 Å². The Kier molecular flexibility index (Phi) is 5.90. The zero-order chi connectivity index (χ0) is 15.1. The van der Waals surface area contributed by atoms with E-state index in [1.807, 2.05) is 42.5 Å². The quantitative estimate of drug-likeness (QED) is 0.782. The molecule has 0 bridgehead atoms. The lowest BCUT2D eigenvalue weighted by Gasteiger charge is -2.15. The van der Waals surface area contributed by atoms with Crippen LogP contribution in [0, 0.1) is 0 Å². The SMILES string of the molecule is COc1cccc(C(C)NCCOc2ccccc2Cl)c1. The van der Waals surface area contributed by atoms with Crippen molar-refractivity contribution in [2.75, 3.05) is 20.3 Å². The average molecular weight is 306 g/mol. The summed E-state index contributed by atoms with van der Waals surface area (Å²) < 4.78 is 10.9. The first-order valence-electron chi connectivity index (χ1n) is 6.95. The van der Waals surface area contributed by atoms with Crippen molar-refractivity contribution in [1.29, 1.82) is 0 Å². The van der Waals surface area contributed by atoms with Crippen molar-refractivity contribution in [1.82, 2.24) is 5.32 Å². The van der Waals surface area contributed by atoms with Gasteiger partial charge in [0, 0.05) is 12.6 Å². The van der Waals surface area contributed by atoms with Gasteiger partial charge in [0.25, 0.3) is 0 Å². The van der Waals surface area contributed by atoms with Gasteiger partial charge in [-0.1, -0.05) is 35.9 Å². The number of ether oxygens (including phenoxy) is 2. The molecular weight excluding hydrogens is 286 g/mol. The van der Waals surface area contributed by atoms with E-state index in [1.54, 1.807) is 7.11 Å². The van der Waals surface area contributed by atoms with E-state index in [1.165, 1.54) is 5.56 Å². The molecule has 0 fully saturated rings. The molecule has 0 aromatic heterocycles.